The Morgan fingerprint density at radius 2 is 1.30 bits per heavy atom. The van der Waals surface area contributed by atoms with Crippen LogP contribution >= 0.6 is 0 Å². The van der Waals surface area contributed by atoms with Gasteiger partial charge in [-0.1, -0.05) is 81.4 Å². The Morgan fingerprint density at radius 3 is 1.70 bits per heavy atom. The second-order valence-electron chi connectivity index (χ2n) is 7.77. The molecular formula is C23H24O3Si. The molecule has 27 heavy (non-hydrogen) atoms. The summed E-state index contributed by atoms with van der Waals surface area (Å²) in [4.78, 5) is 12.1. The van der Waals surface area contributed by atoms with Crippen molar-refractivity contribution < 1.29 is 15.0 Å². The Hall–Kier alpha value is -2.85. The van der Waals surface area contributed by atoms with Crippen molar-refractivity contribution in [3.63, 3.8) is 0 Å². The summed E-state index contributed by atoms with van der Waals surface area (Å²) in [7, 11) is -2.80. The molecule has 0 aliphatic rings. The number of benzene rings is 3. The number of carboxylic acid groups (broad SMARTS) is 1. The molecule has 138 valence electrons. The first kappa shape index (κ1) is 18.9. The average Bonchev–Trinajstić information content (AvgIpc) is 2.63. The first-order valence-corrected chi connectivity index (χ1v) is 11.0. The third-order valence-corrected chi connectivity index (χ3v) is 11.0. The van der Waals surface area contributed by atoms with Gasteiger partial charge in [0.05, 0.1) is 5.56 Å². The molecule has 3 aromatic rings. The first-order valence-electron chi connectivity index (χ1n) is 8.96. The predicted molar refractivity (Wildman–Crippen MR) is 112 cm³/mol. The van der Waals surface area contributed by atoms with Crippen molar-refractivity contribution in [1.82, 2.24) is 0 Å². The van der Waals surface area contributed by atoms with E-state index in [9.17, 15) is 15.0 Å². The van der Waals surface area contributed by atoms with Crippen LogP contribution in [0.25, 0.3) is 0 Å². The van der Waals surface area contributed by atoms with Crippen LogP contribution in [0.5, 0.6) is 5.75 Å². The normalized spacial score (nSPS) is 12.0. The van der Waals surface area contributed by atoms with E-state index < -0.39 is 14.0 Å². The summed E-state index contributed by atoms with van der Waals surface area (Å²) in [5, 5.41) is 22.9. The van der Waals surface area contributed by atoms with Gasteiger partial charge in [-0.2, -0.15) is 0 Å². The van der Waals surface area contributed by atoms with Crippen LogP contribution in [0.2, 0.25) is 5.04 Å². The van der Waals surface area contributed by atoms with Crippen molar-refractivity contribution in [3.05, 3.63) is 84.4 Å². The Balaban J connectivity index is 2.53. The van der Waals surface area contributed by atoms with Gasteiger partial charge in [0.15, 0.2) is 8.07 Å². The zero-order valence-corrected chi connectivity index (χ0v) is 16.8. The third-order valence-electron chi connectivity index (χ3n) is 5.18. The van der Waals surface area contributed by atoms with Gasteiger partial charge in [-0.15, -0.1) is 0 Å². The number of hydrogen-bond acceptors (Lipinski definition) is 2. The molecule has 0 aromatic heterocycles. The number of phenolic OH excluding ortho intramolecular Hbond substituents is 1. The minimum absolute atomic E-state index is 0.0861. The third kappa shape index (κ3) is 3.17. The van der Waals surface area contributed by atoms with E-state index in [1.165, 1.54) is 12.1 Å². The lowest BCUT2D eigenvalue weighted by atomic mass is 10.2. The maximum Gasteiger partial charge on any atom is 0.335 e. The van der Waals surface area contributed by atoms with Gasteiger partial charge in [0.25, 0.3) is 0 Å². The lowest BCUT2D eigenvalue weighted by Gasteiger charge is -2.45. The van der Waals surface area contributed by atoms with E-state index >= 15 is 0 Å². The quantitative estimate of drug-likeness (QED) is 0.542. The van der Waals surface area contributed by atoms with Gasteiger partial charge in [-0.3, -0.25) is 0 Å². The Labute approximate surface area is 161 Å². The minimum atomic E-state index is -2.80. The highest BCUT2D eigenvalue weighted by molar-refractivity contribution is 7.13. The topological polar surface area (TPSA) is 57.5 Å². The number of carboxylic acids is 1. The van der Waals surface area contributed by atoms with Crippen LogP contribution in [0.1, 0.15) is 31.1 Å². The van der Waals surface area contributed by atoms with E-state index in [0.717, 1.165) is 15.6 Å². The molecule has 0 unspecified atom stereocenters. The number of hydrogen-bond donors (Lipinski definition) is 2. The molecule has 0 bridgehead atoms. The van der Waals surface area contributed by atoms with Crippen LogP contribution in [0.15, 0.2) is 78.9 Å². The van der Waals surface area contributed by atoms with Crippen LogP contribution in [0.4, 0.5) is 0 Å². The fraction of sp³-hybridized carbons (Fsp3) is 0.174. The minimum Gasteiger partial charge on any atom is -0.508 e. The fourth-order valence-electron chi connectivity index (χ4n) is 4.15. The summed E-state index contributed by atoms with van der Waals surface area (Å²) in [6, 6.07) is 24.9. The SMILES string of the molecule is CC(C)(C)[Si](c1ccccc1)(c1ccccc1)c1cc(O)ccc1C(=O)O. The summed E-state index contributed by atoms with van der Waals surface area (Å²) < 4.78 is 0. The van der Waals surface area contributed by atoms with Crippen LogP contribution in [0, 0.1) is 0 Å². The van der Waals surface area contributed by atoms with E-state index in [0.29, 0.717) is 0 Å². The molecule has 3 nitrogen and oxygen atoms in total. The Morgan fingerprint density at radius 1 is 0.815 bits per heavy atom. The lowest BCUT2D eigenvalue weighted by molar-refractivity contribution is 0.0698. The molecule has 3 rings (SSSR count). The first-order chi connectivity index (χ1) is 12.8. The summed E-state index contributed by atoms with van der Waals surface area (Å²) in [5.74, 6) is -0.888. The highest BCUT2D eigenvalue weighted by Gasteiger charge is 2.50. The molecule has 4 heteroatoms. The number of rotatable bonds is 4. The zero-order chi connectivity index (χ0) is 19.7. The Kier molecular flexibility index (Phi) is 4.94. The van der Waals surface area contributed by atoms with E-state index in [4.69, 9.17) is 0 Å². The standard InChI is InChI=1S/C23H24O3Si/c1-23(2,3)27(18-10-6-4-7-11-18,19-12-8-5-9-13-19)21-16-17(24)14-15-20(21)22(25)26/h4-16,24H,1-3H3,(H,25,26). The molecule has 0 radical (unpaired) electrons. The van der Waals surface area contributed by atoms with Gasteiger partial charge >= 0.3 is 5.97 Å². The fourth-order valence-corrected chi connectivity index (χ4v) is 9.99. The van der Waals surface area contributed by atoms with Gasteiger partial charge in [0.2, 0.25) is 0 Å². The maximum atomic E-state index is 12.1. The van der Waals surface area contributed by atoms with E-state index in [2.05, 4.69) is 45.0 Å². The molecule has 0 fully saturated rings. The van der Waals surface area contributed by atoms with Crippen LogP contribution in [0.3, 0.4) is 0 Å². The van der Waals surface area contributed by atoms with E-state index in [-0.39, 0.29) is 16.4 Å². The molecule has 0 aliphatic heterocycles. The Bertz CT molecular complexity index is 905. The second kappa shape index (κ2) is 7.04. The highest BCUT2D eigenvalue weighted by atomic mass is 28.3. The molecule has 0 spiro atoms. The smallest absolute Gasteiger partial charge is 0.335 e. The highest BCUT2D eigenvalue weighted by Crippen LogP contribution is 2.36. The van der Waals surface area contributed by atoms with Gasteiger partial charge < -0.3 is 10.2 Å². The van der Waals surface area contributed by atoms with Gasteiger partial charge in [-0.25, -0.2) is 4.79 Å². The molecule has 0 heterocycles. The molecule has 0 aliphatic carbocycles. The largest absolute Gasteiger partial charge is 0.508 e. The summed E-state index contributed by atoms with van der Waals surface area (Å²) in [5.41, 5.74) is 0.252. The van der Waals surface area contributed by atoms with Crippen LogP contribution < -0.4 is 15.6 Å². The molecular weight excluding hydrogens is 352 g/mol. The number of carbonyl (C=O) groups is 1. The summed E-state index contributed by atoms with van der Waals surface area (Å²) in [6.07, 6.45) is 0. The van der Waals surface area contributed by atoms with Crippen molar-refractivity contribution in [1.29, 1.82) is 0 Å². The summed E-state index contributed by atoms with van der Waals surface area (Å²) >= 11 is 0. The molecule has 3 aromatic carbocycles. The van der Waals surface area contributed by atoms with Crippen molar-refractivity contribution in [3.8, 4) is 5.75 Å². The van der Waals surface area contributed by atoms with Gasteiger partial charge in [0.1, 0.15) is 5.75 Å². The predicted octanol–water partition coefficient (Wildman–Crippen LogP) is 3.36. The molecule has 0 atom stereocenters. The number of aromatic hydroxyl groups is 1. The van der Waals surface area contributed by atoms with Crippen LogP contribution in [-0.2, 0) is 0 Å². The average molecular weight is 377 g/mol. The van der Waals surface area contributed by atoms with Crippen molar-refractivity contribution >= 4 is 29.6 Å². The molecule has 0 saturated heterocycles. The van der Waals surface area contributed by atoms with Gasteiger partial charge in [-0.05, 0) is 38.8 Å². The van der Waals surface area contributed by atoms with Crippen molar-refractivity contribution in [2.45, 2.75) is 25.8 Å². The monoisotopic (exact) mass is 376 g/mol. The summed E-state index contributed by atoms with van der Waals surface area (Å²) in [6.45, 7) is 6.48. The molecule has 2 N–H and O–H groups in total. The second-order valence-corrected chi connectivity index (χ2v) is 12.5. The maximum absolute atomic E-state index is 12.1. The van der Waals surface area contributed by atoms with Gasteiger partial charge in [0, 0.05) is 0 Å². The zero-order valence-electron chi connectivity index (χ0n) is 15.8. The van der Waals surface area contributed by atoms with Crippen LogP contribution in [-0.4, -0.2) is 24.3 Å². The lowest BCUT2D eigenvalue weighted by Crippen LogP contribution is -2.73. The van der Waals surface area contributed by atoms with E-state index in [1.807, 2.05) is 36.4 Å². The molecule has 0 saturated carbocycles. The van der Waals surface area contributed by atoms with E-state index in [1.54, 1.807) is 6.07 Å². The van der Waals surface area contributed by atoms with Crippen molar-refractivity contribution in [2.75, 3.05) is 0 Å². The molecule has 0 amide bonds. The number of phenols is 1. The van der Waals surface area contributed by atoms with Crippen molar-refractivity contribution in [2.24, 2.45) is 0 Å². The number of aromatic carboxylic acids is 1.